The molecule has 138 valence electrons. The van der Waals surface area contributed by atoms with Gasteiger partial charge in [0.1, 0.15) is 11.6 Å². The fourth-order valence-corrected chi connectivity index (χ4v) is 2.71. The number of ketones is 1. The molecule has 0 aliphatic rings. The van der Waals surface area contributed by atoms with Gasteiger partial charge in [-0.15, -0.1) is 0 Å². The van der Waals surface area contributed by atoms with Crippen LogP contribution in [0.1, 0.15) is 28.9 Å². The maximum atomic E-state index is 13.1. The Morgan fingerprint density at radius 3 is 2.41 bits per heavy atom. The number of hydrogen-bond donors (Lipinski definition) is 1. The first-order chi connectivity index (χ1) is 12.9. The fourth-order valence-electron chi connectivity index (χ4n) is 2.58. The molecule has 0 bridgehead atoms. The van der Waals surface area contributed by atoms with Gasteiger partial charge in [0.15, 0.2) is 5.78 Å². The standard InChI is InChI=1S/C20H17ClFN3O2/c1-13-12-19(25(24-13)17-8-6-16(22)7-9-17)23-20(27)11-10-18(26)14-2-4-15(21)5-3-14/h2-9,12H,10-11H2,1H3,(H,23,27). The zero-order valence-corrected chi connectivity index (χ0v) is 15.3. The SMILES string of the molecule is Cc1cc(NC(=O)CCC(=O)c2ccc(Cl)cc2)n(-c2ccc(F)cc2)n1. The minimum Gasteiger partial charge on any atom is -0.311 e. The zero-order valence-electron chi connectivity index (χ0n) is 14.6. The molecule has 1 aromatic heterocycles. The number of rotatable bonds is 6. The number of aromatic nitrogens is 2. The number of Topliss-reactive ketones (excluding diaryl/α,β-unsaturated/α-hetero) is 1. The average molecular weight is 386 g/mol. The number of carbonyl (C=O) groups is 2. The van der Waals surface area contributed by atoms with Crippen LogP contribution < -0.4 is 5.32 Å². The summed E-state index contributed by atoms with van der Waals surface area (Å²) < 4.78 is 14.6. The maximum absolute atomic E-state index is 13.1. The minimum atomic E-state index is -0.353. The second kappa shape index (κ2) is 8.14. The van der Waals surface area contributed by atoms with Crippen LogP contribution in [0.3, 0.4) is 0 Å². The van der Waals surface area contributed by atoms with E-state index < -0.39 is 0 Å². The summed E-state index contributed by atoms with van der Waals surface area (Å²) in [4.78, 5) is 24.4. The van der Waals surface area contributed by atoms with E-state index in [1.54, 1.807) is 49.4 Å². The molecular weight excluding hydrogens is 369 g/mol. The van der Waals surface area contributed by atoms with Gasteiger partial charge in [-0.2, -0.15) is 5.10 Å². The van der Waals surface area contributed by atoms with Crippen LogP contribution in [0.2, 0.25) is 5.02 Å². The monoisotopic (exact) mass is 385 g/mol. The predicted octanol–water partition coefficient (Wildman–Crippen LogP) is 4.57. The minimum absolute atomic E-state index is 0.0368. The van der Waals surface area contributed by atoms with Crippen molar-refractivity contribution in [1.82, 2.24) is 9.78 Å². The van der Waals surface area contributed by atoms with Crippen LogP contribution in [0.5, 0.6) is 0 Å². The lowest BCUT2D eigenvalue weighted by Gasteiger charge is -2.09. The van der Waals surface area contributed by atoms with Crippen LogP contribution >= 0.6 is 11.6 Å². The second-order valence-corrected chi connectivity index (χ2v) is 6.47. The third-order valence-corrected chi connectivity index (χ3v) is 4.17. The van der Waals surface area contributed by atoms with Gasteiger partial charge in [-0.3, -0.25) is 9.59 Å². The van der Waals surface area contributed by atoms with E-state index in [9.17, 15) is 14.0 Å². The second-order valence-electron chi connectivity index (χ2n) is 6.04. The van der Waals surface area contributed by atoms with Crippen molar-refractivity contribution >= 4 is 29.1 Å². The Kier molecular flexibility index (Phi) is 5.66. The molecule has 2 aromatic carbocycles. The number of amides is 1. The van der Waals surface area contributed by atoms with Crippen molar-refractivity contribution in [2.75, 3.05) is 5.32 Å². The summed E-state index contributed by atoms with van der Waals surface area (Å²) in [6.45, 7) is 1.79. The Labute approximate surface area is 160 Å². The molecule has 0 saturated heterocycles. The van der Waals surface area contributed by atoms with Crippen LogP contribution in [0.25, 0.3) is 5.69 Å². The summed E-state index contributed by atoms with van der Waals surface area (Å²) in [7, 11) is 0. The summed E-state index contributed by atoms with van der Waals surface area (Å²) in [6.07, 6.45) is 0.117. The van der Waals surface area contributed by atoms with E-state index in [0.717, 1.165) is 0 Å². The highest BCUT2D eigenvalue weighted by Gasteiger charge is 2.13. The van der Waals surface area contributed by atoms with E-state index in [1.165, 1.54) is 16.8 Å². The molecule has 1 heterocycles. The summed E-state index contributed by atoms with van der Waals surface area (Å²) in [5.41, 5.74) is 1.84. The molecule has 0 aliphatic carbocycles. The topological polar surface area (TPSA) is 64.0 Å². The third-order valence-electron chi connectivity index (χ3n) is 3.92. The molecule has 1 amide bonds. The number of nitrogens with zero attached hydrogens (tertiary/aromatic N) is 2. The Balaban J connectivity index is 1.65. The van der Waals surface area contributed by atoms with Crippen LogP contribution in [-0.2, 0) is 4.79 Å². The molecule has 0 spiro atoms. The van der Waals surface area contributed by atoms with E-state index in [1.807, 2.05) is 0 Å². The van der Waals surface area contributed by atoms with Crippen molar-refractivity contribution in [3.63, 3.8) is 0 Å². The molecule has 0 fully saturated rings. The first-order valence-corrected chi connectivity index (χ1v) is 8.71. The van der Waals surface area contributed by atoms with Crippen molar-refractivity contribution in [3.8, 4) is 5.69 Å². The van der Waals surface area contributed by atoms with Gasteiger partial charge in [0.2, 0.25) is 5.91 Å². The normalized spacial score (nSPS) is 10.6. The van der Waals surface area contributed by atoms with E-state index >= 15 is 0 Å². The van der Waals surface area contributed by atoms with E-state index in [0.29, 0.717) is 27.8 Å². The summed E-state index contributed by atoms with van der Waals surface area (Å²) >= 11 is 5.81. The van der Waals surface area contributed by atoms with Crippen molar-refractivity contribution in [2.24, 2.45) is 0 Å². The molecule has 7 heteroatoms. The van der Waals surface area contributed by atoms with Crippen LogP contribution in [-0.4, -0.2) is 21.5 Å². The van der Waals surface area contributed by atoms with Crippen molar-refractivity contribution in [3.05, 3.63) is 76.7 Å². The molecule has 1 N–H and O–H groups in total. The van der Waals surface area contributed by atoms with Gasteiger partial charge >= 0.3 is 0 Å². The largest absolute Gasteiger partial charge is 0.311 e. The predicted molar refractivity (Wildman–Crippen MR) is 102 cm³/mol. The highest BCUT2D eigenvalue weighted by Crippen LogP contribution is 2.18. The molecule has 0 unspecified atom stereocenters. The third kappa shape index (κ3) is 4.80. The number of anilines is 1. The van der Waals surface area contributed by atoms with Crippen LogP contribution in [0, 0.1) is 12.7 Å². The number of carbonyl (C=O) groups excluding carboxylic acids is 2. The van der Waals surface area contributed by atoms with Crippen molar-refractivity contribution in [2.45, 2.75) is 19.8 Å². The lowest BCUT2D eigenvalue weighted by atomic mass is 10.1. The molecule has 0 saturated carbocycles. The smallest absolute Gasteiger partial charge is 0.225 e. The van der Waals surface area contributed by atoms with E-state index in [-0.39, 0.29) is 30.3 Å². The Bertz CT molecular complexity index is 966. The molecule has 0 atom stereocenters. The quantitative estimate of drug-likeness (QED) is 0.632. The van der Waals surface area contributed by atoms with Gasteiger partial charge in [0, 0.05) is 29.5 Å². The van der Waals surface area contributed by atoms with Crippen LogP contribution in [0.15, 0.2) is 54.6 Å². The Hall–Kier alpha value is -2.99. The van der Waals surface area contributed by atoms with E-state index in [2.05, 4.69) is 10.4 Å². The summed E-state index contributed by atoms with van der Waals surface area (Å²) in [5, 5.41) is 7.62. The van der Waals surface area contributed by atoms with Crippen molar-refractivity contribution < 1.29 is 14.0 Å². The van der Waals surface area contributed by atoms with Gasteiger partial charge in [-0.25, -0.2) is 9.07 Å². The van der Waals surface area contributed by atoms with Gasteiger partial charge < -0.3 is 5.32 Å². The molecule has 27 heavy (non-hydrogen) atoms. The molecule has 5 nitrogen and oxygen atoms in total. The Morgan fingerprint density at radius 1 is 1.07 bits per heavy atom. The lowest BCUT2D eigenvalue weighted by molar-refractivity contribution is -0.116. The molecule has 3 rings (SSSR count). The Morgan fingerprint density at radius 2 is 1.74 bits per heavy atom. The highest BCUT2D eigenvalue weighted by molar-refractivity contribution is 6.30. The number of halogens is 2. The molecule has 0 radical (unpaired) electrons. The van der Waals surface area contributed by atoms with E-state index in [4.69, 9.17) is 11.6 Å². The zero-order chi connectivity index (χ0) is 19.4. The van der Waals surface area contributed by atoms with Gasteiger partial charge in [0.05, 0.1) is 11.4 Å². The first kappa shape index (κ1) is 18.8. The molecular formula is C20H17ClFN3O2. The molecule has 3 aromatic rings. The van der Waals surface area contributed by atoms with Crippen LogP contribution in [0.4, 0.5) is 10.2 Å². The lowest BCUT2D eigenvalue weighted by Crippen LogP contribution is -2.16. The number of nitrogens with one attached hydrogen (secondary N) is 1. The summed E-state index contributed by atoms with van der Waals surface area (Å²) in [5.74, 6) is -0.331. The summed E-state index contributed by atoms with van der Waals surface area (Å²) in [6, 6.07) is 14.0. The first-order valence-electron chi connectivity index (χ1n) is 8.33. The maximum Gasteiger partial charge on any atom is 0.225 e. The van der Waals surface area contributed by atoms with Gasteiger partial charge in [-0.05, 0) is 55.5 Å². The number of hydrogen-bond acceptors (Lipinski definition) is 3. The van der Waals surface area contributed by atoms with Crippen molar-refractivity contribution in [1.29, 1.82) is 0 Å². The average Bonchev–Trinajstić information content (AvgIpc) is 3.01. The van der Waals surface area contributed by atoms with Gasteiger partial charge in [0.25, 0.3) is 0 Å². The number of aryl methyl sites for hydroxylation is 1. The molecule has 0 aliphatic heterocycles. The number of benzene rings is 2. The highest BCUT2D eigenvalue weighted by atomic mass is 35.5. The van der Waals surface area contributed by atoms with Gasteiger partial charge in [-0.1, -0.05) is 11.6 Å². The fraction of sp³-hybridized carbons (Fsp3) is 0.150.